The van der Waals surface area contributed by atoms with Crippen LogP contribution in [0, 0.1) is 20.8 Å². The molecule has 2 rings (SSSR count). The summed E-state index contributed by atoms with van der Waals surface area (Å²) in [6, 6.07) is 15.1. The van der Waals surface area contributed by atoms with Crippen LogP contribution in [-0.4, -0.2) is 0 Å². The van der Waals surface area contributed by atoms with Gasteiger partial charge in [-0.2, -0.15) is 0 Å². The van der Waals surface area contributed by atoms with E-state index in [0.29, 0.717) is 0 Å². The van der Waals surface area contributed by atoms with E-state index in [1.165, 1.54) is 27.8 Å². The van der Waals surface area contributed by atoms with Gasteiger partial charge < -0.3 is 0 Å². The molecule has 0 unspecified atom stereocenters. The molecule has 86 valence electrons. The molecule has 0 fully saturated rings. The van der Waals surface area contributed by atoms with Gasteiger partial charge in [0.1, 0.15) is 0 Å². The zero-order chi connectivity index (χ0) is 12.3. The van der Waals surface area contributed by atoms with Crippen LogP contribution in [0.2, 0.25) is 0 Å². The molecule has 0 heterocycles. The molecule has 0 atom stereocenters. The molecule has 0 saturated heterocycles. The Bertz CT molecular complexity index is 548. The van der Waals surface area contributed by atoms with Crippen LogP contribution in [-0.2, 0) is 0 Å². The lowest BCUT2D eigenvalue weighted by Gasteiger charge is -2.02. The predicted octanol–water partition coefficient (Wildman–Crippen LogP) is 4.78. The van der Waals surface area contributed by atoms with Gasteiger partial charge in [0, 0.05) is 0 Å². The van der Waals surface area contributed by atoms with Crippen LogP contribution in [0.15, 0.2) is 42.5 Å². The molecule has 2 aromatic rings. The fourth-order valence-corrected chi connectivity index (χ4v) is 1.97. The van der Waals surface area contributed by atoms with Crippen LogP contribution in [0.3, 0.4) is 0 Å². The van der Waals surface area contributed by atoms with Crippen molar-refractivity contribution >= 4 is 12.2 Å². The highest BCUT2D eigenvalue weighted by Gasteiger charge is 1.94. The van der Waals surface area contributed by atoms with Crippen LogP contribution >= 0.6 is 0 Å². The first-order valence-electron chi connectivity index (χ1n) is 5.97. The maximum Gasteiger partial charge on any atom is -0.0227 e. The normalized spacial score (nSPS) is 11.0. The zero-order valence-corrected chi connectivity index (χ0v) is 10.7. The van der Waals surface area contributed by atoms with Crippen LogP contribution in [0.1, 0.15) is 27.8 Å². The highest BCUT2D eigenvalue weighted by molar-refractivity contribution is 5.71. The molecule has 0 aromatic heterocycles. The van der Waals surface area contributed by atoms with Gasteiger partial charge in [0.2, 0.25) is 0 Å². The van der Waals surface area contributed by atoms with Crippen LogP contribution in [0.25, 0.3) is 12.2 Å². The summed E-state index contributed by atoms with van der Waals surface area (Å²) in [5, 5.41) is 0. The lowest BCUT2D eigenvalue weighted by atomic mass is 10.0. The molecule has 0 heteroatoms. The molecule has 0 amide bonds. The summed E-state index contributed by atoms with van der Waals surface area (Å²) in [6.45, 7) is 6.40. The van der Waals surface area contributed by atoms with Gasteiger partial charge in [-0.25, -0.2) is 0 Å². The Kier molecular flexibility index (Phi) is 3.43. The third-order valence-electron chi connectivity index (χ3n) is 2.92. The second-order valence-electron chi connectivity index (χ2n) is 4.61. The molecule has 0 nitrogen and oxygen atoms in total. The summed E-state index contributed by atoms with van der Waals surface area (Å²) in [7, 11) is 0. The molecule has 0 aliphatic carbocycles. The average molecular weight is 222 g/mol. The van der Waals surface area contributed by atoms with Crippen LogP contribution in [0.5, 0.6) is 0 Å². The molecule has 0 radical (unpaired) electrons. The summed E-state index contributed by atoms with van der Waals surface area (Å²) < 4.78 is 0. The number of rotatable bonds is 2. The maximum absolute atomic E-state index is 2.22. The third kappa shape index (κ3) is 3.07. The zero-order valence-electron chi connectivity index (χ0n) is 10.7. The van der Waals surface area contributed by atoms with E-state index >= 15 is 0 Å². The van der Waals surface area contributed by atoms with Crippen molar-refractivity contribution in [3.8, 4) is 0 Å². The highest BCUT2D eigenvalue weighted by atomic mass is 14.0. The van der Waals surface area contributed by atoms with E-state index in [4.69, 9.17) is 0 Å². The smallest absolute Gasteiger partial charge is 0.0227 e. The van der Waals surface area contributed by atoms with Crippen molar-refractivity contribution < 1.29 is 0 Å². The predicted molar refractivity (Wildman–Crippen MR) is 76.0 cm³/mol. The Morgan fingerprint density at radius 3 is 2.24 bits per heavy atom. The first-order valence-corrected chi connectivity index (χ1v) is 5.97. The Hall–Kier alpha value is -1.82. The standard InChI is InChI=1S/C17H18/c1-13-5-4-6-16(12-13)8-10-17-9-7-14(2)11-15(17)3/h4-12H,1-3H3/b10-8+. The number of aryl methyl sites for hydroxylation is 3. The van der Waals surface area contributed by atoms with Crippen molar-refractivity contribution in [1.29, 1.82) is 0 Å². The Labute approximate surface area is 104 Å². The van der Waals surface area contributed by atoms with E-state index < -0.39 is 0 Å². The minimum Gasteiger partial charge on any atom is -0.0614 e. The number of benzene rings is 2. The van der Waals surface area contributed by atoms with E-state index in [9.17, 15) is 0 Å². The highest BCUT2D eigenvalue weighted by Crippen LogP contribution is 2.14. The molecule has 0 bridgehead atoms. The lowest BCUT2D eigenvalue weighted by molar-refractivity contribution is 1.37. The largest absolute Gasteiger partial charge is 0.0614 e. The van der Waals surface area contributed by atoms with Gasteiger partial charge in [0.15, 0.2) is 0 Å². The van der Waals surface area contributed by atoms with Crippen molar-refractivity contribution in [2.24, 2.45) is 0 Å². The fourth-order valence-electron chi connectivity index (χ4n) is 1.97. The van der Waals surface area contributed by atoms with E-state index in [1.807, 2.05) is 0 Å². The van der Waals surface area contributed by atoms with Crippen molar-refractivity contribution in [3.63, 3.8) is 0 Å². The van der Waals surface area contributed by atoms with Crippen LogP contribution in [0.4, 0.5) is 0 Å². The van der Waals surface area contributed by atoms with Gasteiger partial charge >= 0.3 is 0 Å². The van der Waals surface area contributed by atoms with Gasteiger partial charge in [0.25, 0.3) is 0 Å². The lowest BCUT2D eigenvalue weighted by Crippen LogP contribution is -1.82. The van der Waals surface area contributed by atoms with Crippen molar-refractivity contribution in [3.05, 3.63) is 70.3 Å². The second-order valence-corrected chi connectivity index (χ2v) is 4.61. The minimum absolute atomic E-state index is 1.25. The molecule has 2 aromatic carbocycles. The monoisotopic (exact) mass is 222 g/mol. The first kappa shape index (κ1) is 11.7. The number of hydrogen-bond acceptors (Lipinski definition) is 0. The van der Waals surface area contributed by atoms with E-state index in [1.54, 1.807) is 0 Å². The summed E-state index contributed by atoms with van der Waals surface area (Å²) in [6.07, 6.45) is 4.36. The Morgan fingerprint density at radius 1 is 0.765 bits per heavy atom. The Morgan fingerprint density at radius 2 is 1.53 bits per heavy atom. The van der Waals surface area contributed by atoms with Crippen molar-refractivity contribution in [1.82, 2.24) is 0 Å². The average Bonchev–Trinajstić information content (AvgIpc) is 2.28. The topological polar surface area (TPSA) is 0 Å². The molecule has 0 aliphatic heterocycles. The van der Waals surface area contributed by atoms with Gasteiger partial charge in [0.05, 0.1) is 0 Å². The first-order chi connectivity index (χ1) is 8.15. The van der Waals surface area contributed by atoms with E-state index in [2.05, 4.69) is 75.4 Å². The molecular formula is C17H18. The van der Waals surface area contributed by atoms with Gasteiger partial charge in [-0.05, 0) is 37.5 Å². The summed E-state index contributed by atoms with van der Waals surface area (Å²) in [4.78, 5) is 0. The summed E-state index contributed by atoms with van der Waals surface area (Å²) in [5.74, 6) is 0. The number of hydrogen-bond donors (Lipinski definition) is 0. The molecule has 0 spiro atoms. The molecule has 17 heavy (non-hydrogen) atoms. The quantitative estimate of drug-likeness (QED) is 0.641. The van der Waals surface area contributed by atoms with Gasteiger partial charge in [-0.1, -0.05) is 65.7 Å². The molecule has 0 N–H and O–H groups in total. The summed E-state index contributed by atoms with van der Waals surface area (Å²) in [5.41, 5.74) is 6.49. The van der Waals surface area contributed by atoms with Crippen molar-refractivity contribution in [2.75, 3.05) is 0 Å². The maximum atomic E-state index is 2.22. The minimum atomic E-state index is 1.25. The molecular weight excluding hydrogens is 204 g/mol. The van der Waals surface area contributed by atoms with Gasteiger partial charge in [-0.3, -0.25) is 0 Å². The second kappa shape index (κ2) is 5.01. The van der Waals surface area contributed by atoms with E-state index in [-0.39, 0.29) is 0 Å². The molecule has 0 aliphatic rings. The van der Waals surface area contributed by atoms with Crippen LogP contribution < -0.4 is 0 Å². The van der Waals surface area contributed by atoms with E-state index in [0.717, 1.165) is 0 Å². The Balaban J connectivity index is 2.26. The van der Waals surface area contributed by atoms with Gasteiger partial charge in [-0.15, -0.1) is 0 Å². The third-order valence-corrected chi connectivity index (χ3v) is 2.92. The summed E-state index contributed by atoms with van der Waals surface area (Å²) >= 11 is 0. The van der Waals surface area contributed by atoms with Crippen molar-refractivity contribution in [2.45, 2.75) is 20.8 Å². The SMILES string of the molecule is Cc1cccc(/C=C/c2ccc(C)cc2C)c1. The fraction of sp³-hybridized carbons (Fsp3) is 0.176. The molecule has 0 saturated carbocycles.